The van der Waals surface area contributed by atoms with Gasteiger partial charge >= 0.3 is 23.9 Å². The summed E-state index contributed by atoms with van der Waals surface area (Å²) >= 11 is 0. The fourth-order valence-corrected chi connectivity index (χ4v) is 1.23. The van der Waals surface area contributed by atoms with Gasteiger partial charge in [-0.1, -0.05) is 5.64 Å². The molecule has 0 aromatic rings. The minimum absolute atomic E-state index is 0.247. The van der Waals surface area contributed by atoms with Gasteiger partial charge in [0.2, 0.25) is 0 Å². The van der Waals surface area contributed by atoms with Crippen LogP contribution in [0.4, 0.5) is 0 Å². The zero-order valence-electron chi connectivity index (χ0n) is 8.33. The fourth-order valence-electron chi connectivity index (χ4n) is 1.23. The third kappa shape index (κ3) is 2.64. The molecule has 2 atom stereocenters. The zero-order valence-corrected chi connectivity index (χ0v) is 8.33. The number of esters is 4. The van der Waals surface area contributed by atoms with Gasteiger partial charge in [-0.15, -0.1) is 0 Å². The fraction of sp³-hybridized carbons (Fsp3) is 0.500. The van der Waals surface area contributed by atoms with Gasteiger partial charge < -0.3 is 9.47 Å². The highest BCUT2D eigenvalue weighted by Gasteiger charge is 2.37. The molecule has 2 rings (SSSR count). The molecular formula is C8H7NO8. The highest BCUT2D eigenvalue weighted by atomic mass is 16.9. The first-order valence-corrected chi connectivity index (χ1v) is 4.61. The third-order valence-electron chi connectivity index (χ3n) is 2.04. The van der Waals surface area contributed by atoms with Gasteiger partial charge in [-0.2, -0.15) is 0 Å². The average molecular weight is 245 g/mol. The summed E-state index contributed by atoms with van der Waals surface area (Å²) in [5.41, 5.74) is 1.87. The second-order valence-corrected chi connectivity index (χ2v) is 3.29. The van der Waals surface area contributed by atoms with Crippen molar-refractivity contribution in [3.8, 4) is 0 Å². The highest BCUT2D eigenvalue weighted by Crippen LogP contribution is 2.13. The van der Waals surface area contributed by atoms with Gasteiger partial charge in [0.1, 0.15) is 0 Å². The summed E-state index contributed by atoms with van der Waals surface area (Å²) in [5.74, 6) is -3.12. The second kappa shape index (κ2) is 4.57. The first-order valence-electron chi connectivity index (χ1n) is 4.61. The van der Waals surface area contributed by atoms with Gasteiger partial charge in [-0.05, 0) is 0 Å². The Kier molecular flexibility index (Phi) is 3.13. The van der Waals surface area contributed by atoms with E-state index in [2.05, 4.69) is 19.1 Å². The Balaban J connectivity index is 1.73. The van der Waals surface area contributed by atoms with Crippen LogP contribution in [0.2, 0.25) is 0 Å². The average Bonchev–Trinajstić information content (AvgIpc) is 2.71. The molecule has 2 heterocycles. The topological polar surface area (TPSA) is 117 Å². The predicted octanol–water partition coefficient (Wildman–Crippen LogP) is -1.88. The lowest BCUT2D eigenvalue weighted by Gasteiger charge is -2.09. The monoisotopic (exact) mass is 245 g/mol. The quantitative estimate of drug-likeness (QED) is 0.345. The molecule has 0 aromatic heterocycles. The molecule has 92 valence electrons. The third-order valence-corrected chi connectivity index (χ3v) is 2.04. The molecule has 0 bridgehead atoms. The summed E-state index contributed by atoms with van der Waals surface area (Å²) in [5, 5.41) is 0. The summed E-state index contributed by atoms with van der Waals surface area (Å²) < 4.78 is 8.38. The number of cyclic esters (lactones) is 4. The smallest absolute Gasteiger partial charge is 0.345 e. The second-order valence-electron chi connectivity index (χ2n) is 3.29. The van der Waals surface area contributed by atoms with Crippen LogP contribution in [-0.4, -0.2) is 36.1 Å². The maximum Gasteiger partial charge on any atom is 0.345 e. The molecule has 2 aliphatic heterocycles. The predicted molar refractivity (Wildman–Crippen MR) is 44.3 cm³/mol. The molecule has 0 radical (unpaired) electrons. The van der Waals surface area contributed by atoms with Crippen LogP contribution in [0, 0.1) is 0 Å². The van der Waals surface area contributed by atoms with E-state index in [9.17, 15) is 19.2 Å². The molecule has 0 aliphatic carbocycles. The Hall–Kier alpha value is -1.84. The molecule has 0 saturated carbocycles. The van der Waals surface area contributed by atoms with Crippen molar-refractivity contribution >= 4 is 23.9 Å². The van der Waals surface area contributed by atoms with Crippen LogP contribution in [0.5, 0.6) is 0 Å². The summed E-state index contributed by atoms with van der Waals surface area (Å²) in [6.45, 7) is 0. The number of carbonyl (C=O) groups is 4. The minimum atomic E-state index is -1.13. The van der Waals surface area contributed by atoms with Crippen LogP contribution in [0.1, 0.15) is 12.8 Å². The van der Waals surface area contributed by atoms with E-state index in [0.29, 0.717) is 0 Å². The number of rotatable bonds is 4. The Labute approximate surface area is 93.8 Å². The van der Waals surface area contributed by atoms with E-state index in [-0.39, 0.29) is 12.8 Å². The van der Waals surface area contributed by atoms with Crippen molar-refractivity contribution in [3.63, 3.8) is 0 Å². The molecular weight excluding hydrogens is 238 g/mol. The normalized spacial score (nSPS) is 28.5. The molecule has 1 N–H and O–H groups in total. The van der Waals surface area contributed by atoms with Gasteiger partial charge in [0.15, 0.2) is 12.2 Å². The highest BCUT2D eigenvalue weighted by molar-refractivity contribution is 5.96. The van der Waals surface area contributed by atoms with E-state index in [1.54, 1.807) is 0 Å². The van der Waals surface area contributed by atoms with E-state index in [1.165, 1.54) is 0 Å². The van der Waals surface area contributed by atoms with Crippen molar-refractivity contribution in [1.82, 2.24) is 5.64 Å². The number of hydrogen-bond donors (Lipinski definition) is 1. The number of hydrogen-bond acceptors (Lipinski definition) is 9. The Morgan fingerprint density at radius 3 is 1.59 bits per heavy atom. The van der Waals surface area contributed by atoms with Gasteiger partial charge in [0, 0.05) is 0 Å². The molecule has 0 spiro atoms. The lowest BCUT2D eigenvalue weighted by atomic mass is 10.3. The first-order chi connectivity index (χ1) is 8.06. The molecule has 9 heteroatoms. The van der Waals surface area contributed by atoms with E-state index in [0.717, 1.165) is 0 Å². The molecule has 2 saturated heterocycles. The van der Waals surface area contributed by atoms with Gasteiger partial charge in [-0.3, -0.25) is 19.3 Å². The lowest BCUT2D eigenvalue weighted by Crippen LogP contribution is -2.32. The van der Waals surface area contributed by atoms with Crippen molar-refractivity contribution in [1.29, 1.82) is 0 Å². The SMILES string of the molecule is O=C1CC(ONOC2CC(=O)OC2=O)C(=O)O1. The molecule has 2 unspecified atom stereocenters. The largest absolute Gasteiger partial charge is 0.391 e. The van der Waals surface area contributed by atoms with E-state index >= 15 is 0 Å². The maximum atomic E-state index is 10.9. The van der Waals surface area contributed by atoms with Gasteiger partial charge in [0.05, 0.1) is 12.8 Å². The Bertz CT molecular complexity index is 355. The molecule has 9 nitrogen and oxygen atoms in total. The van der Waals surface area contributed by atoms with E-state index in [1.807, 2.05) is 5.64 Å². The van der Waals surface area contributed by atoms with Crippen molar-refractivity contribution < 1.29 is 38.3 Å². The summed E-state index contributed by atoms with van der Waals surface area (Å²) in [6.07, 6.45) is -2.75. The maximum absolute atomic E-state index is 10.9. The van der Waals surface area contributed by atoms with Crippen LogP contribution in [-0.2, 0) is 38.3 Å². The summed E-state index contributed by atoms with van der Waals surface area (Å²) in [6, 6.07) is 0. The van der Waals surface area contributed by atoms with E-state index in [4.69, 9.17) is 0 Å². The molecule has 17 heavy (non-hydrogen) atoms. The number of nitrogens with one attached hydrogen (secondary N) is 1. The zero-order chi connectivity index (χ0) is 12.4. The van der Waals surface area contributed by atoms with Gasteiger partial charge in [-0.25, -0.2) is 9.59 Å². The Morgan fingerprint density at radius 1 is 0.882 bits per heavy atom. The van der Waals surface area contributed by atoms with Crippen molar-refractivity contribution in [2.45, 2.75) is 25.0 Å². The lowest BCUT2D eigenvalue weighted by molar-refractivity contribution is -0.220. The van der Waals surface area contributed by atoms with Crippen molar-refractivity contribution in [2.24, 2.45) is 0 Å². The molecule has 2 aliphatic rings. The summed E-state index contributed by atoms with van der Waals surface area (Å²) in [7, 11) is 0. The van der Waals surface area contributed by atoms with Crippen LogP contribution < -0.4 is 5.64 Å². The molecule has 0 amide bonds. The van der Waals surface area contributed by atoms with Crippen LogP contribution in [0.15, 0.2) is 0 Å². The van der Waals surface area contributed by atoms with Crippen molar-refractivity contribution in [2.75, 3.05) is 0 Å². The van der Waals surface area contributed by atoms with Gasteiger partial charge in [0.25, 0.3) is 0 Å². The standard InChI is InChI=1S/C8H7NO8/c10-5-1-3(7(12)14-5)16-9-17-4-2-6(11)15-8(4)13/h3-4,9H,1-2H2. The Morgan fingerprint density at radius 2 is 1.29 bits per heavy atom. The van der Waals surface area contributed by atoms with E-state index < -0.39 is 36.1 Å². The molecule has 2 fully saturated rings. The van der Waals surface area contributed by atoms with Crippen LogP contribution >= 0.6 is 0 Å². The van der Waals surface area contributed by atoms with Crippen LogP contribution in [0.25, 0.3) is 0 Å². The number of carbonyl (C=O) groups excluding carboxylic acids is 4. The van der Waals surface area contributed by atoms with Crippen LogP contribution in [0.3, 0.4) is 0 Å². The summed E-state index contributed by atoms with van der Waals surface area (Å²) in [4.78, 5) is 52.5. The molecule has 0 aromatic carbocycles. The van der Waals surface area contributed by atoms with Crippen molar-refractivity contribution in [3.05, 3.63) is 0 Å². The minimum Gasteiger partial charge on any atom is -0.391 e. The first kappa shape index (κ1) is 11.6. The number of ether oxygens (including phenoxy) is 2.